The van der Waals surface area contributed by atoms with E-state index in [0.29, 0.717) is 54.4 Å². The Morgan fingerprint density at radius 1 is 0.960 bits per heavy atom. The lowest BCUT2D eigenvalue weighted by atomic mass is 9.85. The number of ether oxygens (including phenoxy) is 3. The summed E-state index contributed by atoms with van der Waals surface area (Å²) >= 11 is 0. The minimum absolute atomic E-state index is 0.122. The third-order valence-corrected chi connectivity index (χ3v) is 9.56. The number of hydrogen-bond donors (Lipinski definition) is 2. The zero-order valence-electron chi connectivity index (χ0n) is 30.0. The van der Waals surface area contributed by atoms with Crippen molar-refractivity contribution in [1.82, 2.24) is 34.8 Å². The van der Waals surface area contributed by atoms with E-state index >= 15 is 0 Å². The van der Waals surface area contributed by atoms with Gasteiger partial charge in [0.1, 0.15) is 23.3 Å². The molecule has 0 spiro atoms. The molecule has 1 fully saturated rings. The van der Waals surface area contributed by atoms with Crippen molar-refractivity contribution >= 4 is 23.3 Å². The number of carbonyl (C=O) groups is 2. The first-order valence-corrected chi connectivity index (χ1v) is 17.3. The zero-order chi connectivity index (χ0) is 35.6. The highest BCUT2D eigenvalue weighted by Crippen LogP contribution is 2.39. The second-order valence-corrected chi connectivity index (χ2v) is 14.7. The SMILES string of the molecule is COC1CN(CCCC(=O)c2nc(NC(=O)N[C@H]3CC[C@@H](Oc4ccc5nnc(C(C)(C)OC)n5c4)c4ccccc43)cc(C(C)(C)C)n2)C1. The van der Waals surface area contributed by atoms with Crippen molar-refractivity contribution in [3.63, 3.8) is 0 Å². The van der Waals surface area contributed by atoms with Gasteiger partial charge in [-0.25, -0.2) is 14.8 Å². The van der Waals surface area contributed by atoms with Crippen LogP contribution in [-0.4, -0.2) is 81.2 Å². The van der Waals surface area contributed by atoms with Crippen LogP contribution in [0.15, 0.2) is 48.7 Å². The number of methoxy groups -OCH3 is 2. The number of nitrogens with zero attached hydrogens (tertiary/aromatic N) is 6. The van der Waals surface area contributed by atoms with E-state index in [9.17, 15) is 9.59 Å². The molecule has 13 nitrogen and oxygen atoms in total. The van der Waals surface area contributed by atoms with Gasteiger partial charge in [0.05, 0.1) is 24.0 Å². The van der Waals surface area contributed by atoms with Crippen molar-refractivity contribution in [1.29, 1.82) is 0 Å². The smallest absolute Gasteiger partial charge is 0.320 e. The topological polar surface area (TPSA) is 145 Å². The summed E-state index contributed by atoms with van der Waals surface area (Å²) in [7, 11) is 3.37. The molecule has 2 aliphatic rings. The van der Waals surface area contributed by atoms with E-state index in [1.165, 1.54) is 0 Å². The molecule has 1 aromatic carbocycles. The summed E-state index contributed by atoms with van der Waals surface area (Å²) in [6, 6.07) is 12.9. The molecule has 4 heterocycles. The van der Waals surface area contributed by atoms with E-state index in [2.05, 4.69) is 35.7 Å². The predicted molar refractivity (Wildman–Crippen MR) is 188 cm³/mol. The summed E-state index contributed by atoms with van der Waals surface area (Å²) in [6.07, 6.45) is 4.33. The van der Waals surface area contributed by atoms with Gasteiger partial charge in [0.15, 0.2) is 23.1 Å². The fourth-order valence-corrected chi connectivity index (χ4v) is 6.39. The summed E-state index contributed by atoms with van der Waals surface area (Å²) in [5.41, 5.74) is 2.39. The Morgan fingerprint density at radius 3 is 2.44 bits per heavy atom. The van der Waals surface area contributed by atoms with Gasteiger partial charge < -0.3 is 19.5 Å². The van der Waals surface area contributed by atoms with Crippen LogP contribution in [0.2, 0.25) is 0 Å². The number of amides is 2. The number of rotatable bonds is 12. The van der Waals surface area contributed by atoms with E-state index < -0.39 is 11.6 Å². The van der Waals surface area contributed by atoms with E-state index in [1.807, 2.05) is 81.6 Å². The molecular weight excluding hydrogens is 636 g/mol. The third kappa shape index (κ3) is 7.79. The molecule has 2 amide bonds. The van der Waals surface area contributed by atoms with Crippen LogP contribution >= 0.6 is 0 Å². The minimum Gasteiger partial charge on any atom is -0.484 e. The number of nitrogens with one attached hydrogen (secondary N) is 2. The fraction of sp³-hybridized carbons (Fsp3) is 0.514. The molecule has 3 aromatic heterocycles. The van der Waals surface area contributed by atoms with E-state index in [1.54, 1.807) is 20.3 Å². The molecule has 50 heavy (non-hydrogen) atoms. The van der Waals surface area contributed by atoms with E-state index in [4.69, 9.17) is 14.2 Å². The number of pyridine rings is 1. The summed E-state index contributed by atoms with van der Waals surface area (Å²) in [5, 5.41) is 14.6. The summed E-state index contributed by atoms with van der Waals surface area (Å²) in [5.74, 6) is 1.63. The molecule has 6 rings (SSSR count). The number of ketones is 1. The maximum absolute atomic E-state index is 13.4. The standard InChI is InChI=1S/C37H48N8O5/c1-36(2,3)30-19-31(40-33(39-30)28(46)13-10-18-44-20-24(21-44)48-6)41-35(47)38-27-15-16-29(26-12-9-8-11-25(26)27)50-23-14-17-32-42-43-34(45(32)22-23)37(4,5)49-7/h8-9,11-12,14,17,19,22,24,27,29H,10,13,15-16,18,20-21H2,1-7H3,(H2,38,39,40,41,47)/t27-,29+/m0/s1. The Hall–Kier alpha value is -4.46. The Bertz CT molecular complexity index is 1850. The van der Waals surface area contributed by atoms with Gasteiger partial charge >= 0.3 is 6.03 Å². The third-order valence-electron chi connectivity index (χ3n) is 9.56. The van der Waals surface area contributed by atoms with Gasteiger partial charge in [-0.2, -0.15) is 0 Å². The normalized spacial score (nSPS) is 18.4. The Kier molecular flexibility index (Phi) is 10.2. The number of benzene rings is 1. The average molecular weight is 685 g/mol. The van der Waals surface area contributed by atoms with Crippen LogP contribution in [0.1, 0.15) is 106 Å². The van der Waals surface area contributed by atoms with Gasteiger partial charge in [-0.3, -0.25) is 19.4 Å². The quantitative estimate of drug-likeness (QED) is 0.177. The summed E-state index contributed by atoms with van der Waals surface area (Å²) in [6.45, 7) is 12.5. The van der Waals surface area contributed by atoms with Crippen molar-refractivity contribution in [2.45, 2.75) is 89.6 Å². The van der Waals surface area contributed by atoms with E-state index in [0.717, 1.165) is 30.8 Å². The van der Waals surface area contributed by atoms with Crippen molar-refractivity contribution in [3.8, 4) is 5.75 Å². The number of fused-ring (bicyclic) bond motifs is 2. The highest BCUT2D eigenvalue weighted by atomic mass is 16.5. The number of likely N-dealkylation sites (tertiary alicyclic amines) is 1. The molecule has 1 aliphatic heterocycles. The molecule has 2 atom stereocenters. The Balaban J connectivity index is 1.13. The van der Waals surface area contributed by atoms with Gasteiger partial charge in [0, 0.05) is 45.2 Å². The highest BCUT2D eigenvalue weighted by Gasteiger charge is 2.31. The van der Waals surface area contributed by atoms with Crippen molar-refractivity contribution in [2.24, 2.45) is 0 Å². The van der Waals surface area contributed by atoms with Crippen LogP contribution in [0.25, 0.3) is 5.65 Å². The molecule has 2 N–H and O–H groups in total. The van der Waals surface area contributed by atoms with Crippen molar-refractivity contribution < 1.29 is 23.8 Å². The first-order valence-electron chi connectivity index (χ1n) is 17.3. The molecule has 4 aromatic rings. The van der Waals surface area contributed by atoms with Gasteiger partial charge in [-0.1, -0.05) is 45.0 Å². The van der Waals surface area contributed by atoms with Crippen molar-refractivity contribution in [2.75, 3.05) is 39.2 Å². The molecule has 0 saturated carbocycles. The molecule has 0 unspecified atom stereocenters. The Labute approximate surface area is 293 Å². The second-order valence-electron chi connectivity index (χ2n) is 14.7. The monoisotopic (exact) mass is 684 g/mol. The molecule has 0 radical (unpaired) electrons. The molecule has 0 bridgehead atoms. The maximum Gasteiger partial charge on any atom is 0.320 e. The van der Waals surface area contributed by atoms with Gasteiger partial charge in [0.25, 0.3) is 0 Å². The average Bonchev–Trinajstić information content (AvgIpc) is 3.50. The second kappa shape index (κ2) is 14.4. The van der Waals surface area contributed by atoms with E-state index in [-0.39, 0.29) is 35.3 Å². The zero-order valence-corrected chi connectivity index (χ0v) is 30.0. The summed E-state index contributed by atoms with van der Waals surface area (Å²) in [4.78, 5) is 38.0. The summed E-state index contributed by atoms with van der Waals surface area (Å²) < 4.78 is 19.4. The van der Waals surface area contributed by atoms with Crippen LogP contribution in [0.5, 0.6) is 5.75 Å². The first-order chi connectivity index (χ1) is 23.8. The highest BCUT2D eigenvalue weighted by molar-refractivity contribution is 5.94. The van der Waals surface area contributed by atoms with Crippen LogP contribution in [0.3, 0.4) is 0 Å². The van der Waals surface area contributed by atoms with Crippen LogP contribution in [-0.2, 0) is 20.5 Å². The van der Waals surface area contributed by atoms with Crippen molar-refractivity contribution in [3.05, 3.63) is 77.1 Å². The van der Waals surface area contributed by atoms with Gasteiger partial charge in [-0.05, 0) is 62.9 Å². The van der Waals surface area contributed by atoms with Crippen LogP contribution in [0.4, 0.5) is 10.6 Å². The number of Topliss-reactive ketones (excluding diaryl/α,β-unsaturated/α-hetero) is 1. The number of anilines is 1. The molecule has 1 aliphatic carbocycles. The maximum atomic E-state index is 13.4. The van der Waals surface area contributed by atoms with Gasteiger partial charge in [0.2, 0.25) is 0 Å². The number of urea groups is 1. The molecule has 1 saturated heterocycles. The van der Waals surface area contributed by atoms with Crippen LogP contribution in [0, 0.1) is 0 Å². The lowest BCUT2D eigenvalue weighted by molar-refractivity contribution is -0.0294. The molecular formula is C37H48N8O5. The fourth-order valence-electron chi connectivity index (χ4n) is 6.39. The number of aromatic nitrogens is 5. The largest absolute Gasteiger partial charge is 0.484 e. The Morgan fingerprint density at radius 2 is 1.72 bits per heavy atom. The van der Waals surface area contributed by atoms with Gasteiger partial charge in [-0.15, -0.1) is 10.2 Å². The predicted octanol–water partition coefficient (Wildman–Crippen LogP) is 5.77. The number of carbonyl (C=O) groups excluding carboxylic acids is 2. The van der Waals surface area contributed by atoms with Crippen LogP contribution < -0.4 is 15.4 Å². The molecule has 13 heteroatoms. The molecule has 266 valence electrons. The number of hydrogen-bond acceptors (Lipinski definition) is 10. The first kappa shape index (κ1) is 35.4. The lowest BCUT2D eigenvalue weighted by Crippen LogP contribution is -2.51. The lowest BCUT2D eigenvalue weighted by Gasteiger charge is -2.38. The minimum atomic E-state index is -0.630.